The van der Waals surface area contributed by atoms with Crippen molar-refractivity contribution in [3.8, 4) is 0 Å². The maximum absolute atomic E-state index is 2.35. The molecule has 1 heterocycles. The lowest BCUT2D eigenvalue weighted by atomic mass is 10.1. The van der Waals surface area contributed by atoms with Gasteiger partial charge in [0.25, 0.3) is 0 Å². The number of nitrogens with zero attached hydrogens (tertiary/aromatic N) is 2. The van der Waals surface area contributed by atoms with E-state index in [1.54, 1.807) is 0 Å². The van der Waals surface area contributed by atoms with E-state index in [2.05, 4.69) is 85.1 Å². The van der Waals surface area contributed by atoms with E-state index in [1.165, 1.54) is 27.8 Å². The molecule has 3 rings (SSSR count). The molecule has 0 aliphatic rings. The van der Waals surface area contributed by atoms with Gasteiger partial charge in [0, 0.05) is 42.9 Å². The molecule has 0 saturated carbocycles. The van der Waals surface area contributed by atoms with Gasteiger partial charge >= 0.3 is 0 Å². The van der Waals surface area contributed by atoms with Crippen molar-refractivity contribution in [1.82, 2.24) is 4.57 Å². The Kier molecular flexibility index (Phi) is 4.19. The highest BCUT2D eigenvalue weighted by atomic mass is 15.1. The van der Waals surface area contributed by atoms with Gasteiger partial charge in [-0.3, -0.25) is 0 Å². The first-order valence-electron chi connectivity index (χ1n) is 8.03. The Morgan fingerprint density at radius 1 is 0.955 bits per heavy atom. The Labute approximate surface area is 133 Å². The summed E-state index contributed by atoms with van der Waals surface area (Å²) in [6, 6.07) is 19.4. The number of hydrogen-bond donors (Lipinski definition) is 0. The van der Waals surface area contributed by atoms with E-state index >= 15 is 0 Å². The fourth-order valence-electron chi connectivity index (χ4n) is 3.35. The Bertz CT molecular complexity index is 756. The van der Waals surface area contributed by atoms with E-state index in [9.17, 15) is 0 Å². The average Bonchev–Trinajstić information content (AvgIpc) is 2.85. The van der Waals surface area contributed by atoms with E-state index in [0.717, 1.165) is 19.4 Å². The van der Waals surface area contributed by atoms with Gasteiger partial charge in [0.15, 0.2) is 0 Å². The van der Waals surface area contributed by atoms with Gasteiger partial charge in [-0.15, -0.1) is 0 Å². The lowest BCUT2D eigenvalue weighted by molar-refractivity contribution is 0.819. The number of rotatable bonds is 5. The number of benzene rings is 2. The summed E-state index contributed by atoms with van der Waals surface area (Å²) in [7, 11) is 4.36. The highest BCUT2D eigenvalue weighted by Crippen LogP contribution is 2.26. The monoisotopic (exact) mass is 292 g/mol. The molecule has 114 valence electrons. The quantitative estimate of drug-likeness (QED) is 0.676. The molecule has 2 aromatic carbocycles. The molecular formula is C20H24N2. The van der Waals surface area contributed by atoms with E-state index in [-0.39, 0.29) is 0 Å². The Morgan fingerprint density at radius 2 is 1.64 bits per heavy atom. The summed E-state index contributed by atoms with van der Waals surface area (Å²) in [4.78, 5) is 2.33. The maximum Gasteiger partial charge on any atom is 0.0482 e. The smallest absolute Gasteiger partial charge is 0.0482 e. The van der Waals surface area contributed by atoms with Crippen molar-refractivity contribution in [3.05, 3.63) is 65.9 Å². The molecule has 0 aliphatic heterocycles. The molecule has 2 nitrogen and oxygen atoms in total. The zero-order valence-corrected chi connectivity index (χ0v) is 13.7. The van der Waals surface area contributed by atoms with Gasteiger partial charge < -0.3 is 9.47 Å². The number of aromatic nitrogens is 1. The minimum Gasteiger partial charge on any atom is -0.374 e. The maximum atomic E-state index is 2.35. The minimum absolute atomic E-state index is 1.03. The van der Waals surface area contributed by atoms with Crippen LogP contribution in [0, 0.1) is 0 Å². The second kappa shape index (κ2) is 6.27. The van der Waals surface area contributed by atoms with E-state index in [0.29, 0.717) is 0 Å². The van der Waals surface area contributed by atoms with Crippen LogP contribution in [-0.2, 0) is 19.9 Å². The molecule has 0 atom stereocenters. The fraction of sp³-hybridized carbons (Fsp3) is 0.300. The van der Waals surface area contributed by atoms with Crippen LogP contribution >= 0.6 is 0 Å². The molecule has 0 aliphatic carbocycles. The Morgan fingerprint density at radius 3 is 2.36 bits per heavy atom. The number of aryl methyl sites for hydroxylation is 1. The third kappa shape index (κ3) is 2.61. The number of likely N-dealkylation sites (N-methyl/N-ethyl adjacent to an activating group) is 1. The third-order valence-electron chi connectivity index (χ3n) is 4.57. The summed E-state index contributed by atoms with van der Waals surface area (Å²) < 4.78 is 2.35. The predicted octanol–water partition coefficient (Wildman–Crippen LogP) is 4.42. The van der Waals surface area contributed by atoms with Crippen LogP contribution in [0.1, 0.15) is 18.2 Å². The first kappa shape index (κ1) is 14.7. The van der Waals surface area contributed by atoms with Crippen molar-refractivity contribution in [3.63, 3.8) is 0 Å². The molecule has 0 saturated heterocycles. The molecule has 0 amide bonds. The van der Waals surface area contributed by atoms with Crippen molar-refractivity contribution in [1.29, 1.82) is 0 Å². The molecule has 0 spiro atoms. The van der Waals surface area contributed by atoms with Crippen molar-refractivity contribution in [2.75, 3.05) is 18.5 Å². The van der Waals surface area contributed by atoms with Gasteiger partial charge in [-0.2, -0.15) is 0 Å². The second-order valence-corrected chi connectivity index (χ2v) is 5.86. The van der Waals surface area contributed by atoms with E-state index in [4.69, 9.17) is 0 Å². The number of fused-ring (bicyclic) bond motifs is 1. The van der Waals surface area contributed by atoms with Gasteiger partial charge in [0.2, 0.25) is 0 Å². The summed E-state index contributed by atoms with van der Waals surface area (Å²) in [6.07, 6.45) is 2.16. The first-order valence-corrected chi connectivity index (χ1v) is 8.03. The van der Waals surface area contributed by atoms with Crippen molar-refractivity contribution >= 4 is 16.6 Å². The van der Waals surface area contributed by atoms with Gasteiger partial charge in [-0.05, 0) is 36.6 Å². The number of anilines is 1. The second-order valence-electron chi connectivity index (χ2n) is 5.86. The van der Waals surface area contributed by atoms with Gasteiger partial charge in [-0.25, -0.2) is 0 Å². The molecule has 2 heteroatoms. The van der Waals surface area contributed by atoms with Gasteiger partial charge in [-0.1, -0.05) is 43.3 Å². The zero-order chi connectivity index (χ0) is 15.5. The molecule has 22 heavy (non-hydrogen) atoms. The summed E-state index contributed by atoms with van der Waals surface area (Å²) in [5, 5.41) is 1.41. The standard InChI is InChI=1S/C20H24N2/c1-4-19-18(17-12-8-9-13-20(17)22(19)3)14-15-21(2)16-10-6-5-7-11-16/h5-13H,4,14-15H2,1-3H3. The van der Waals surface area contributed by atoms with Crippen LogP contribution in [0.5, 0.6) is 0 Å². The van der Waals surface area contributed by atoms with Gasteiger partial charge in [0.1, 0.15) is 0 Å². The number of hydrogen-bond acceptors (Lipinski definition) is 1. The largest absolute Gasteiger partial charge is 0.374 e. The topological polar surface area (TPSA) is 8.17 Å². The molecule has 0 radical (unpaired) electrons. The van der Waals surface area contributed by atoms with Crippen LogP contribution < -0.4 is 4.90 Å². The normalized spacial score (nSPS) is 11.0. The van der Waals surface area contributed by atoms with Gasteiger partial charge in [0.05, 0.1) is 0 Å². The lowest BCUT2D eigenvalue weighted by Gasteiger charge is -2.19. The van der Waals surface area contributed by atoms with Crippen LogP contribution in [0.4, 0.5) is 5.69 Å². The van der Waals surface area contributed by atoms with Crippen LogP contribution in [0.25, 0.3) is 10.9 Å². The molecule has 0 bridgehead atoms. The van der Waals surface area contributed by atoms with Crippen LogP contribution in [0.3, 0.4) is 0 Å². The SMILES string of the molecule is CCc1c(CCN(C)c2ccccc2)c2ccccc2n1C. The third-order valence-corrected chi connectivity index (χ3v) is 4.57. The zero-order valence-electron chi connectivity index (χ0n) is 13.7. The summed E-state index contributed by atoms with van der Waals surface area (Å²) in [6.45, 7) is 3.28. The molecular weight excluding hydrogens is 268 g/mol. The molecule has 3 aromatic rings. The fourth-order valence-corrected chi connectivity index (χ4v) is 3.35. The van der Waals surface area contributed by atoms with Crippen LogP contribution in [0.2, 0.25) is 0 Å². The minimum atomic E-state index is 1.03. The van der Waals surface area contributed by atoms with Crippen LogP contribution in [-0.4, -0.2) is 18.2 Å². The highest BCUT2D eigenvalue weighted by Gasteiger charge is 2.13. The summed E-state index contributed by atoms with van der Waals surface area (Å²) in [5.74, 6) is 0. The first-order chi connectivity index (χ1) is 10.7. The molecule has 1 aromatic heterocycles. The van der Waals surface area contributed by atoms with Crippen molar-refractivity contribution < 1.29 is 0 Å². The molecule has 0 unspecified atom stereocenters. The summed E-state index contributed by atoms with van der Waals surface area (Å²) in [5.41, 5.74) is 5.59. The Hall–Kier alpha value is -2.22. The Balaban J connectivity index is 1.88. The predicted molar refractivity (Wildman–Crippen MR) is 95.7 cm³/mol. The van der Waals surface area contributed by atoms with E-state index in [1.807, 2.05) is 0 Å². The van der Waals surface area contributed by atoms with Crippen molar-refractivity contribution in [2.24, 2.45) is 7.05 Å². The number of para-hydroxylation sites is 2. The summed E-state index contributed by atoms with van der Waals surface area (Å²) >= 11 is 0. The van der Waals surface area contributed by atoms with E-state index < -0.39 is 0 Å². The lowest BCUT2D eigenvalue weighted by Crippen LogP contribution is -2.20. The molecule has 0 fully saturated rings. The van der Waals surface area contributed by atoms with Crippen LogP contribution in [0.15, 0.2) is 54.6 Å². The molecule has 0 N–H and O–H groups in total. The van der Waals surface area contributed by atoms with Crippen molar-refractivity contribution in [2.45, 2.75) is 19.8 Å². The average molecular weight is 292 g/mol. The highest BCUT2D eigenvalue weighted by molar-refractivity contribution is 5.85.